The van der Waals surface area contributed by atoms with Gasteiger partial charge >= 0.3 is 6.09 Å². The lowest BCUT2D eigenvalue weighted by atomic mass is 9.98. The van der Waals surface area contributed by atoms with Crippen LogP contribution in [0.25, 0.3) is 0 Å². The van der Waals surface area contributed by atoms with Crippen LogP contribution >= 0.6 is 0 Å². The van der Waals surface area contributed by atoms with Crippen molar-refractivity contribution in [3.63, 3.8) is 0 Å². The van der Waals surface area contributed by atoms with E-state index in [-0.39, 0.29) is 17.5 Å². The van der Waals surface area contributed by atoms with E-state index in [4.69, 9.17) is 4.74 Å². The van der Waals surface area contributed by atoms with E-state index in [9.17, 15) is 9.59 Å². The normalized spacial score (nSPS) is 17.4. The lowest BCUT2D eigenvalue weighted by Crippen LogP contribution is -2.42. The van der Waals surface area contributed by atoms with Crippen molar-refractivity contribution in [1.82, 2.24) is 10.2 Å². The van der Waals surface area contributed by atoms with Gasteiger partial charge in [-0.15, -0.1) is 0 Å². The van der Waals surface area contributed by atoms with Crippen molar-refractivity contribution in [1.29, 1.82) is 0 Å². The highest BCUT2D eigenvalue weighted by Crippen LogP contribution is 2.17. The van der Waals surface area contributed by atoms with E-state index in [1.807, 2.05) is 25.7 Å². The predicted octanol–water partition coefficient (Wildman–Crippen LogP) is 1.77. The maximum atomic E-state index is 11.5. The molecule has 0 aliphatic carbocycles. The van der Waals surface area contributed by atoms with Crippen molar-refractivity contribution in [3.05, 3.63) is 0 Å². The van der Waals surface area contributed by atoms with Crippen LogP contribution in [0.4, 0.5) is 4.79 Å². The Labute approximate surface area is 109 Å². The molecule has 1 N–H and O–H groups in total. The third-order valence-corrected chi connectivity index (χ3v) is 2.99. The van der Waals surface area contributed by atoms with Crippen molar-refractivity contribution < 1.29 is 14.3 Å². The summed E-state index contributed by atoms with van der Waals surface area (Å²) in [5, 5.41) is 2.76. The molecule has 0 aromatic rings. The van der Waals surface area contributed by atoms with E-state index >= 15 is 0 Å². The van der Waals surface area contributed by atoms with Gasteiger partial charge in [0, 0.05) is 25.6 Å². The zero-order valence-electron chi connectivity index (χ0n) is 11.8. The number of carbonyl (C=O) groups is 2. The minimum absolute atomic E-state index is 0.125. The number of amides is 2. The van der Waals surface area contributed by atoms with Crippen LogP contribution in [-0.4, -0.2) is 42.1 Å². The molecule has 1 rings (SSSR count). The van der Waals surface area contributed by atoms with Gasteiger partial charge in [-0.25, -0.2) is 4.79 Å². The van der Waals surface area contributed by atoms with Crippen LogP contribution in [-0.2, 0) is 9.53 Å². The molecule has 0 bridgehead atoms. The topological polar surface area (TPSA) is 58.6 Å². The van der Waals surface area contributed by atoms with Gasteiger partial charge in [-0.3, -0.25) is 4.79 Å². The molecular weight excluding hydrogens is 232 g/mol. The first kappa shape index (κ1) is 14.8. The molecule has 5 heteroatoms. The molecule has 1 fully saturated rings. The number of nitrogens with zero attached hydrogens (tertiary/aromatic N) is 1. The fourth-order valence-electron chi connectivity index (χ4n) is 1.95. The minimum atomic E-state index is -0.364. The first-order valence-electron chi connectivity index (χ1n) is 6.48. The minimum Gasteiger partial charge on any atom is -0.449 e. The van der Waals surface area contributed by atoms with Crippen molar-refractivity contribution in [2.45, 2.75) is 46.1 Å². The molecule has 0 atom stereocenters. The molecule has 0 saturated carbocycles. The maximum absolute atomic E-state index is 11.5. The zero-order valence-corrected chi connectivity index (χ0v) is 11.8. The highest BCUT2D eigenvalue weighted by Gasteiger charge is 2.22. The summed E-state index contributed by atoms with van der Waals surface area (Å²) in [6, 6.07) is 0. The van der Waals surface area contributed by atoms with Crippen molar-refractivity contribution in [2.24, 2.45) is 5.92 Å². The van der Waals surface area contributed by atoms with Gasteiger partial charge in [0.1, 0.15) is 0 Å². The van der Waals surface area contributed by atoms with E-state index in [1.165, 1.54) is 0 Å². The van der Waals surface area contributed by atoms with Gasteiger partial charge in [0.2, 0.25) is 5.91 Å². The Morgan fingerprint density at radius 3 is 2.28 bits per heavy atom. The van der Waals surface area contributed by atoms with Crippen LogP contribution in [0.1, 0.15) is 40.5 Å². The fourth-order valence-corrected chi connectivity index (χ4v) is 1.95. The van der Waals surface area contributed by atoms with Crippen LogP contribution in [0.5, 0.6) is 0 Å². The van der Waals surface area contributed by atoms with Crippen molar-refractivity contribution in [3.8, 4) is 0 Å². The van der Waals surface area contributed by atoms with E-state index in [0.717, 1.165) is 25.9 Å². The lowest BCUT2D eigenvalue weighted by molar-refractivity contribution is -0.130. The standard InChI is InChI=1S/C13H24N2O3/c1-10(16)15-7-5-11(6-8-15)9-18-12(17)14-13(2,3)4/h11H,5-9H2,1-4H3,(H,14,17). The number of carbonyl (C=O) groups excluding carboxylic acids is 2. The molecular formula is C13H24N2O3. The second-order valence-electron chi connectivity index (χ2n) is 5.92. The highest BCUT2D eigenvalue weighted by molar-refractivity contribution is 5.73. The van der Waals surface area contributed by atoms with Gasteiger partial charge in [-0.05, 0) is 39.5 Å². The van der Waals surface area contributed by atoms with E-state index < -0.39 is 0 Å². The van der Waals surface area contributed by atoms with Crippen LogP contribution in [0.3, 0.4) is 0 Å². The molecule has 1 saturated heterocycles. The number of alkyl carbamates (subject to hydrolysis) is 1. The molecule has 1 aliphatic heterocycles. The smallest absolute Gasteiger partial charge is 0.407 e. The summed E-state index contributed by atoms with van der Waals surface area (Å²) in [5.74, 6) is 0.492. The Balaban J connectivity index is 2.22. The first-order chi connectivity index (χ1) is 8.28. The second kappa shape index (κ2) is 6.07. The van der Waals surface area contributed by atoms with Crippen LogP contribution in [0, 0.1) is 5.92 Å². The van der Waals surface area contributed by atoms with E-state index in [2.05, 4.69) is 5.32 Å². The summed E-state index contributed by atoms with van der Waals surface area (Å²) in [6.07, 6.45) is 1.45. The summed E-state index contributed by atoms with van der Waals surface area (Å²) in [4.78, 5) is 24.5. The number of ether oxygens (including phenoxy) is 1. The largest absolute Gasteiger partial charge is 0.449 e. The van der Waals surface area contributed by atoms with Gasteiger partial charge in [0.25, 0.3) is 0 Å². The number of hydrogen-bond donors (Lipinski definition) is 1. The Bertz CT molecular complexity index is 302. The predicted molar refractivity (Wildman–Crippen MR) is 69.2 cm³/mol. The van der Waals surface area contributed by atoms with Crippen LogP contribution in [0.15, 0.2) is 0 Å². The van der Waals surface area contributed by atoms with Crippen molar-refractivity contribution in [2.75, 3.05) is 19.7 Å². The third kappa shape index (κ3) is 5.38. The van der Waals surface area contributed by atoms with Gasteiger partial charge in [-0.2, -0.15) is 0 Å². The number of rotatable bonds is 2. The van der Waals surface area contributed by atoms with E-state index in [1.54, 1.807) is 6.92 Å². The Morgan fingerprint density at radius 1 is 1.28 bits per heavy atom. The quantitative estimate of drug-likeness (QED) is 0.819. The molecule has 0 aromatic carbocycles. The molecule has 104 valence electrons. The van der Waals surface area contributed by atoms with Crippen LogP contribution in [0.2, 0.25) is 0 Å². The number of likely N-dealkylation sites (tertiary alicyclic amines) is 1. The summed E-state index contributed by atoms with van der Waals surface area (Å²) in [7, 11) is 0. The Morgan fingerprint density at radius 2 is 1.83 bits per heavy atom. The molecule has 5 nitrogen and oxygen atoms in total. The molecule has 0 unspecified atom stereocenters. The number of piperidine rings is 1. The van der Waals surface area contributed by atoms with Crippen LogP contribution < -0.4 is 5.32 Å². The maximum Gasteiger partial charge on any atom is 0.407 e. The second-order valence-corrected chi connectivity index (χ2v) is 5.92. The summed E-state index contributed by atoms with van der Waals surface area (Å²) >= 11 is 0. The van der Waals surface area contributed by atoms with Gasteiger partial charge < -0.3 is 15.0 Å². The monoisotopic (exact) mass is 256 g/mol. The van der Waals surface area contributed by atoms with Gasteiger partial charge in [-0.1, -0.05) is 0 Å². The number of hydrogen-bond acceptors (Lipinski definition) is 3. The first-order valence-corrected chi connectivity index (χ1v) is 6.48. The zero-order chi connectivity index (χ0) is 13.8. The average Bonchev–Trinajstić information content (AvgIpc) is 2.24. The molecule has 18 heavy (non-hydrogen) atoms. The van der Waals surface area contributed by atoms with Crippen molar-refractivity contribution >= 4 is 12.0 Å². The number of nitrogens with one attached hydrogen (secondary N) is 1. The third-order valence-electron chi connectivity index (χ3n) is 2.99. The molecule has 0 aromatic heterocycles. The Hall–Kier alpha value is -1.26. The SMILES string of the molecule is CC(=O)N1CCC(COC(=O)NC(C)(C)C)CC1. The van der Waals surface area contributed by atoms with Gasteiger partial charge in [0.15, 0.2) is 0 Å². The highest BCUT2D eigenvalue weighted by atomic mass is 16.5. The molecule has 1 aliphatic rings. The molecule has 2 amide bonds. The molecule has 1 heterocycles. The van der Waals surface area contributed by atoms with Gasteiger partial charge in [0.05, 0.1) is 6.61 Å². The molecule has 0 radical (unpaired) electrons. The summed E-state index contributed by atoms with van der Waals surface area (Å²) in [5.41, 5.74) is -0.269. The fraction of sp³-hybridized carbons (Fsp3) is 0.846. The average molecular weight is 256 g/mol. The molecule has 0 spiro atoms. The lowest BCUT2D eigenvalue weighted by Gasteiger charge is -2.31. The summed E-state index contributed by atoms with van der Waals surface area (Å²) < 4.78 is 5.20. The summed E-state index contributed by atoms with van der Waals surface area (Å²) in [6.45, 7) is 9.31. The van der Waals surface area contributed by atoms with E-state index in [0.29, 0.717) is 12.5 Å². The Kier molecular flexibility index (Phi) is 4.99.